The minimum absolute atomic E-state index is 0.0351. The molecule has 0 aliphatic heterocycles. The molecule has 1 heterocycles. The van der Waals surface area contributed by atoms with Crippen LogP contribution < -0.4 is 11.1 Å². The Hall–Kier alpha value is -2.96. The van der Waals surface area contributed by atoms with Crippen LogP contribution in [0.25, 0.3) is 0 Å². The van der Waals surface area contributed by atoms with Gasteiger partial charge in [-0.05, 0) is 24.3 Å². The molecule has 102 valence electrons. The molecule has 20 heavy (non-hydrogen) atoms. The highest BCUT2D eigenvalue weighted by molar-refractivity contribution is 6.08. The lowest BCUT2D eigenvalue weighted by Crippen LogP contribution is -2.16. The number of halogens is 1. The predicted molar refractivity (Wildman–Crippen MR) is 70.0 cm³/mol. The van der Waals surface area contributed by atoms with Crippen LogP contribution in [0.4, 0.5) is 15.8 Å². The highest BCUT2D eigenvalue weighted by Crippen LogP contribution is 2.20. The first-order valence-corrected chi connectivity index (χ1v) is 5.52. The average Bonchev–Trinajstić information content (AvgIpc) is 2.41. The summed E-state index contributed by atoms with van der Waals surface area (Å²) in [6.07, 6.45) is 2.16. The number of benzene rings is 1. The van der Waals surface area contributed by atoms with E-state index in [9.17, 15) is 14.0 Å². The second-order valence-corrected chi connectivity index (χ2v) is 3.92. The largest absolute Gasteiger partial charge is 0.478 e. The first-order chi connectivity index (χ1) is 9.49. The molecule has 0 aliphatic carbocycles. The van der Waals surface area contributed by atoms with Crippen molar-refractivity contribution in [2.75, 3.05) is 11.1 Å². The van der Waals surface area contributed by atoms with Gasteiger partial charge in [0.05, 0.1) is 23.0 Å². The molecule has 6 nitrogen and oxygen atoms in total. The van der Waals surface area contributed by atoms with E-state index in [4.69, 9.17) is 10.8 Å². The van der Waals surface area contributed by atoms with Crippen molar-refractivity contribution in [3.63, 3.8) is 0 Å². The number of nitrogens with one attached hydrogen (secondary N) is 1. The quantitative estimate of drug-likeness (QED) is 0.740. The Bertz CT molecular complexity index is 688. The Morgan fingerprint density at radius 1 is 1.25 bits per heavy atom. The van der Waals surface area contributed by atoms with Crippen molar-refractivity contribution in [1.82, 2.24) is 4.98 Å². The van der Waals surface area contributed by atoms with Gasteiger partial charge < -0.3 is 16.2 Å². The number of nitrogen functional groups attached to an aromatic ring is 1. The number of hydrogen-bond donors (Lipinski definition) is 3. The minimum atomic E-state index is -1.25. The first kappa shape index (κ1) is 13.5. The van der Waals surface area contributed by atoms with Gasteiger partial charge in [-0.1, -0.05) is 0 Å². The SMILES string of the molecule is Nc1ccc(NC(=O)c2ccncc2F)c(C(=O)O)c1. The van der Waals surface area contributed by atoms with Crippen LogP contribution in [0.5, 0.6) is 0 Å². The standard InChI is InChI=1S/C13H10FN3O3/c14-10-6-16-4-3-8(10)12(18)17-11-2-1-7(15)5-9(11)13(19)20/h1-6H,15H2,(H,17,18)(H,19,20). The van der Waals surface area contributed by atoms with Crippen molar-refractivity contribution in [3.8, 4) is 0 Å². The number of nitrogens with zero attached hydrogens (tertiary/aromatic N) is 1. The molecule has 4 N–H and O–H groups in total. The van der Waals surface area contributed by atoms with Gasteiger partial charge in [-0.25, -0.2) is 9.18 Å². The maximum Gasteiger partial charge on any atom is 0.337 e. The highest BCUT2D eigenvalue weighted by atomic mass is 19.1. The maximum atomic E-state index is 13.4. The van der Waals surface area contributed by atoms with Crippen molar-refractivity contribution in [2.24, 2.45) is 0 Å². The van der Waals surface area contributed by atoms with Crippen LogP contribution in [0, 0.1) is 5.82 Å². The summed E-state index contributed by atoms with van der Waals surface area (Å²) in [5.41, 5.74) is 5.37. The van der Waals surface area contributed by atoms with E-state index < -0.39 is 17.7 Å². The Balaban J connectivity index is 2.33. The number of pyridine rings is 1. The van der Waals surface area contributed by atoms with Crippen LogP contribution in [-0.2, 0) is 0 Å². The van der Waals surface area contributed by atoms with E-state index in [2.05, 4.69) is 10.3 Å². The van der Waals surface area contributed by atoms with Gasteiger partial charge in [0.2, 0.25) is 0 Å². The fourth-order valence-corrected chi connectivity index (χ4v) is 1.60. The number of rotatable bonds is 3. The Labute approximate surface area is 113 Å². The summed E-state index contributed by atoms with van der Waals surface area (Å²) in [4.78, 5) is 26.5. The van der Waals surface area contributed by atoms with Crippen molar-refractivity contribution in [2.45, 2.75) is 0 Å². The lowest BCUT2D eigenvalue weighted by Gasteiger charge is -2.09. The normalized spacial score (nSPS) is 10.1. The molecule has 0 saturated heterocycles. The number of aromatic carboxylic acids is 1. The van der Waals surface area contributed by atoms with E-state index in [1.54, 1.807) is 0 Å². The van der Waals surface area contributed by atoms with Gasteiger partial charge in [0, 0.05) is 11.9 Å². The summed E-state index contributed by atoms with van der Waals surface area (Å²) in [6.45, 7) is 0. The van der Waals surface area contributed by atoms with Gasteiger partial charge in [-0.2, -0.15) is 0 Å². The van der Waals surface area contributed by atoms with Gasteiger partial charge in [0.25, 0.3) is 5.91 Å². The molecule has 0 atom stereocenters. The van der Waals surface area contributed by atoms with Crippen molar-refractivity contribution in [1.29, 1.82) is 0 Å². The van der Waals surface area contributed by atoms with E-state index in [-0.39, 0.29) is 22.5 Å². The third-order valence-corrected chi connectivity index (χ3v) is 2.54. The third-order valence-electron chi connectivity index (χ3n) is 2.54. The average molecular weight is 275 g/mol. The molecule has 7 heteroatoms. The number of aromatic nitrogens is 1. The van der Waals surface area contributed by atoms with E-state index in [0.717, 1.165) is 6.20 Å². The number of amides is 1. The third kappa shape index (κ3) is 2.72. The van der Waals surface area contributed by atoms with Gasteiger partial charge in [0.1, 0.15) is 0 Å². The number of anilines is 2. The highest BCUT2D eigenvalue weighted by Gasteiger charge is 2.16. The second-order valence-electron chi connectivity index (χ2n) is 3.92. The lowest BCUT2D eigenvalue weighted by molar-refractivity contribution is 0.0698. The predicted octanol–water partition coefficient (Wildman–Crippen LogP) is 1.75. The van der Waals surface area contributed by atoms with Crippen LogP contribution >= 0.6 is 0 Å². The van der Waals surface area contributed by atoms with Crippen LogP contribution in [0.15, 0.2) is 36.7 Å². The first-order valence-electron chi connectivity index (χ1n) is 5.52. The zero-order valence-corrected chi connectivity index (χ0v) is 10.1. The summed E-state index contributed by atoms with van der Waals surface area (Å²) < 4.78 is 13.4. The molecule has 1 aromatic heterocycles. The summed E-state index contributed by atoms with van der Waals surface area (Å²) in [5.74, 6) is -2.81. The molecule has 0 spiro atoms. The molecule has 1 aromatic carbocycles. The van der Waals surface area contributed by atoms with Crippen LogP contribution in [0.1, 0.15) is 20.7 Å². The Kier molecular flexibility index (Phi) is 3.60. The van der Waals surface area contributed by atoms with E-state index in [1.165, 1.54) is 30.5 Å². The number of hydrogen-bond acceptors (Lipinski definition) is 4. The summed E-state index contributed by atoms with van der Waals surface area (Å²) >= 11 is 0. The van der Waals surface area contributed by atoms with E-state index >= 15 is 0 Å². The number of carboxylic acids is 1. The number of carbonyl (C=O) groups is 2. The summed E-state index contributed by atoms with van der Waals surface area (Å²) in [6, 6.07) is 5.18. The molecular formula is C13H10FN3O3. The van der Waals surface area contributed by atoms with Crippen molar-refractivity contribution in [3.05, 3.63) is 53.6 Å². The molecule has 1 amide bonds. The molecular weight excluding hydrogens is 265 g/mol. The topological polar surface area (TPSA) is 105 Å². The Morgan fingerprint density at radius 2 is 2.00 bits per heavy atom. The number of nitrogens with two attached hydrogens (primary N) is 1. The molecule has 0 fully saturated rings. The van der Waals surface area contributed by atoms with Gasteiger partial charge >= 0.3 is 5.97 Å². The minimum Gasteiger partial charge on any atom is -0.478 e. The molecule has 0 saturated carbocycles. The maximum absolute atomic E-state index is 13.4. The summed E-state index contributed by atoms with van der Waals surface area (Å²) in [5, 5.41) is 11.4. The van der Waals surface area contributed by atoms with Crippen molar-refractivity contribution < 1.29 is 19.1 Å². The number of carbonyl (C=O) groups excluding carboxylic acids is 1. The van der Waals surface area contributed by atoms with Gasteiger partial charge in [-0.15, -0.1) is 0 Å². The lowest BCUT2D eigenvalue weighted by atomic mass is 10.1. The second kappa shape index (κ2) is 5.35. The molecule has 2 aromatic rings. The van der Waals surface area contributed by atoms with E-state index in [1.807, 2.05) is 0 Å². The van der Waals surface area contributed by atoms with Crippen LogP contribution in [-0.4, -0.2) is 22.0 Å². The van der Waals surface area contributed by atoms with Crippen LogP contribution in [0.3, 0.4) is 0 Å². The zero-order valence-electron chi connectivity index (χ0n) is 10.1. The molecule has 0 radical (unpaired) electrons. The fourth-order valence-electron chi connectivity index (χ4n) is 1.60. The molecule has 0 bridgehead atoms. The van der Waals surface area contributed by atoms with Gasteiger partial charge in [0.15, 0.2) is 5.82 Å². The Morgan fingerprint density at radius 3 is 2.65 bits per heavy atom. The van der Waals surface area contributed by atoms with Gasteiger partial charge in [-0.3, -0.25) is 9.78 Å². The van der Waals surface area contributed by atoms with Crippen molar-refractivity contribution >= 4 is 23.3 Å². The summed E-state index contributed by atoms with van der Waals surface area (Å²) in [7, 11) is 0. The molecule has 2 rings (SSSR count). The van der Waals surface area contributed by atoms with Crippen LogP contribution in [0.2, 0.25) is 0 Å². The van der Waals surface area contributed by atoms with E-state index in [0.29, 0.717) is 0 Å². The monoisotopic (exact) mass is 275 g/mol. The molecule has 0 unspecified atom stereocenters. The molecule has 0 aliphatic rings. The zero-order chi connectivity index (χ0) is 14.7. The fraction of sp³-hybridized carbons (Fsp3) is 0. The smallest absolute Gasteiger partial charge is 0.337 e. The number of carboxylic acid groups (broad SMARTS) is 1.